The highest BCUT2D eigenvalue weighted by Crippen LogP contribution is 2.34. The van der Waals surface area contributed by atoms with E-state index in [1.54, 1.807) is 6.92 Å². The largest absolute Gasteiger partial charge is 0.481 e. The number of aliphatic hydroxyl groups is 1. The lowest BCUT2D eigenvalue weighted by molar-refractivity contribution is -0.162. The minimum absolute atomic E-state index is 0.354. The zero-order chi connectivity index (χ0) is 9.35. The fraction of sp³-hybridized carbons (Fsp3) is 0.875. The number of hydrogen-bond acceptors (Lipinski definition) is 3. The van der Waals surface area contributed by atoms with Crippen molar-refractivity contribution in [3.63, 3.8) is 0 Å². The zero-order valence-corrected chi connectivity index (χ0v) is 7.45. The highest BCUT2D eigenvalue weighted by atomic mass is 16.4. The summed E-state index contributed by atoms with van der Waals surface area (Å²) in [7, 11) is 1.88. The van der Waals surface area contributed by atoms with Crippen molar-refractivity contribution in [3.05, 3.63) is 0 Å². The molecule has 1 heterocycles. The van der Waals surface area contributed by atoms with Crippen LogP contribution >= 0.6 is 0 Å². The molecular weight excluding hydrogens is 158 g/mol. The van der Waals surface area contributed by atoms with E-state index in [9.17, 15) is 4.79 Å². The van der Waals surface area contributed by atoms with Crippen molar-refractivity contribution in [3.8, 4) is 0 Å². The quantitative estimate of drug-likeness (QED) is 0.619. The Morgan fingerprint density at radius 3 is 2.42 bits per heavy atom. The lowest BCUT2D eigenvalue weighted by atomic mass is 9.76. The molecule has 1 aliphatic rings. The summed E-state index contributed by atoms with van der Waals surface area (Å²) in [6.45, 7) is 2.73. The van der Waals surface area contributed by atoms with Crippen molar-refractivity contribution in [1.82, 2.24) is 4.90 Å². The normalized spacial score (nSPS) is 24.6. The van der Waals surface area contributed by atoms with Crippen LogP contribution in [0.5, 0.6) is 0 Å². The molecule has 1 saturated heterocycles. The van der Waals surface area contributed by atoms with Gasteiger partial charge in [0.2, 0.25) is 0 Å². The lowest BCUT2D eigenvalue weighted by Gasteiger charge is -2.45. The monoisotopic (exact) mass is 173 g/mol. The van der Waals surface area contributed by atoms with Crippen LogP contribution in [-0.4, -0.2) is 47.3 Å². The van der Waals surface area contributed by atoms with Gasteiger partial charge < -0.3 is 15.1 Å². The Kier molecular flexibility index (Phi) is 2.39. The Morgan fingerprint density at radius 2 is 2.17 bits per heavy atom. The second-order valence-electron chi connectivity index (χ2n) is 3.81. The molecule has 4 nitrogen and oxygen atoms in total. The molecule has 0 amide bonds. The van der Waals surface area contributed by atoms with Crippen LogP contribution in [-0.2, 0) is 4.79 Å². The predicted molar refractivity (Wildman–Crippen MR) is 43.9 cm³/mol. The van der Waals surface area contributed by atoms with Gasteiger partial charge in [-0.1, -0.05) is 0 Å². The molecule has 0 radical (unpaired) electrons. The summed E-state index contributed by atoms with van der Waals surface area (Å²) in [5.74, 6) is -0.790. The summed E-state index contributed by atoms with van der Waals surface area (Å²) in [5, 5.41) is 18.0. The first-order valence-electron chi connectivity index (χ1n) is 4.06. The molecule has 1 atom stereocenters. The summed E-state index contributed by atoms with van der Waals surface area (Å²) in [6, 6.07) is 0. The number of nitrogens with zero attached hydrogens (tertiary/aromatic N) is 1. The molecule has 12 heavy (non-hydrogen) atoms. The van der Waals surface area contributed by atoms with Gasteiger partial charge in [-0.2, -0.15) is 0 Å². The van der Waals surface area contributed by atoms with Crippen molar-refractivity contribution >= 4 is 5.97 Å². The van der Waals surface area contributed by atoms with Crippen molar-refractivity contribution in [2.45, 2.75) is 19.4 Å². The number of hydrogen-bond donors (Lipinski definition) is 2. The first-order valence-corrected chi connectivity index (χ1v) is 4.06. The molecule has 0 aliphatic carbocycles. The van der Waals surface area contributed by atoms with Crippen molar-refractivity contribution in [1.29, 1.82) is 0 Å². The Bertz CT molecular complexity index is 185. The average Bonchev–Trinajstić information content (AvgIpc) is 1.81. The van der Waals surface area contributed by atoms with E-state index in [0.717, 1.165) is 0 Å². The molecular formula is C8H15NO3. The molecule has 0 aromatic rings. The number of carbonyl (C=O) groups is 1. The third-order valence-corrected chi connectivity index (χ3v) is 2.28. The number of likely N-dealkylation sites (tertiary alicyclic amines) is 1. The van der Waals surface area contributed by atoms with Crippen molar-refractivity contribution in [2.24, 2.45) is 5.41 Å². The highest BCUT2D eigenvalue weighted by molar-refractivity contribution is 5.76. The number of aliphatic hydroxyl groups excluding tert-OH is 1. The fourth-order valence-corrected chi connectivity index (χ4v) is 1.90. The van der Waals surface area contributed by atoms with Gasteiger partial charge in [-0.25, -0.2) is 0 Å². The maximum Gasteiger partial charge on any atom is 0.312 e. The zero-order valence-electron chi connectivity index (χ0n) is 7.45. The van der Waals surface area contributed by atoms with Crippen LogP contribution in [0.1, 0.15) is 13.3 Å². The first-order chi connectivity index (χ1) is 5.46. The molecule has 0 aromatic carbocycles. The van der Waals surface area contributed by atoms with Gasteiger partial charge in [0, 0.05) is 13.1 Å². The van der Waals surface area contributed by atoms with Crippen LogP contribution in [0.25, 0.3) is 0 Å². The van der Waals surface area contributed by atoms with Gasteiger partial charge in [0.15, 0.2) is 0 Å². The van der Waals surface area contributed by atoms with E-state index < -0.39 is 17.5 Å². The van der Waals surface area contributed by atoms with Crippen molar-refractivity contribution in [2.75, 3.05) is 20.1 Å². The predicted octanol–water partition coefficient (Wildman–Crippen LogP) is -0.226. The number of rotatable bonds is 3. The van der Waals surface area contributed by atoms with E-state index in [1.165, 1.54) is 0 Å². The second-order valence-corrected chi connectivity index (χ2v) is 3.81. The molecule has 4 heteroatoms. The third kappa shape index (κ3) is 1.59. The standard InChI is InChI=1S/C8H15NO3/c1-6(10)3-8(7(11)12)4-9(2)5-8/h6,10H,3-5H2,1-2H3,(H,11,12). The lowest BCUT2D eigenvalue weighted by Crippen LogP contribution is -2.59. The van der Waals surface area contributed by atoms with Crippen LogP contribution in [0.3, 0.4) is 0 Å². The first kappa shape index (κ1) is 9.48. The smallest absolute Gasteiger partial charge is 0.312 e. The summed E-state index contributed by atoms with van der Waals surface area (Å²) in [6.07, 6.45) is -0.179. The molecule has 1 fully saturated rings. The van der Waals surface area contributed by atoms with Gasteiger partial charge in [0.05, 0.1) is 11.5 Å². The van der Waals surface area contributed by atoms with Gasteiger partial charge in [0.25, 0.3) is 0 Å². The summed E-state index contributed by atoms with van der Waals surface area (Å²) in [4.78, 5) is 12.8. The summed E-state index contributed by atoms with van der Waals surface area (Å²) < 4.78 is 0. The fourth-order valence-electron chi connectivity index (χ4n) is 1.90. The Hall–Kier alpha value is -0.610. The molecule has 0 aromatic heterocycles. The van der Waals surface area contributed by atoms with Crippen LogP contribution in [0, 0.1) is 5.41 Å². The Labute approximate surface area is 71.8 Å². The van der Waals surface area contributed by atoms with Gasteiger partial charge in [-0.15, -0.1) is 0 Å². The SMILES string of the molecule is CC(O)CC1(C(=O)O)CN(C)C1. The van der Waals surface area contributed by atoms with E-state index in [2.05, 4.69) is 0 Å². The van der Waals surface area contributed by atoms with Crippen LogP contribution < -0.4 is 0 Å². The number of aliphatic carboxylic acids is 1. The third-order valence-electron chi connectivity index (χ3n) is 2.28. The van der Waals surface area contributed by atoms with E-state index in [1.807, 2.05) is 11.9 Å². The number of carboxylic acids is 1. The van der Waals surface area contributed by atoms with Gasteiger partial charge in [-0.05, 0) is 20.4 Å². The maximum atomic E-state index is 10.8. The van der Waals surface area contributed by atoms with Crippen LogP contribution in [0.15, 0.2) is 0 Å². The van der Waals surface area contributed by atoms with E-state index in [-0.39, 0.29) is 0 Å². The Balaban J connectivity index is 2.57. The van der Waals surface area contributed by atoms with Gasteiger partial charge in [0.1, 0.15) is 0 Å². The minimum Gasteiger partial charge on any atom is -0.481 e. The molecule has 1 unspecified atom stereocenters. The van der Waals surface area contributed by atoms with E-state index >= 15 is 0 Å². The second kappa shape index (κ2) is 3.03. The Morgan fingerprint density at radius 1 is 1.67 bits per heavy atom. The molecule has 70 valence electrons. The maximum absolute atomic E-state index is 10.8. The molecule has 0 spiro atoms. The van der Waals surface area contributed by atoms with Crippen LogP contribution in [0.2, 0.25) is 0 Å². The van der Waals surface area contributed by atoms with E-state index in [0.29, 0.717) is 19.5 Å². The molecule has 2 N–H and O–H groups in total. The van der Waals surface area contributed by atoms with Crippen molar-refractivity contribution < 1.29 is 15.0 Å². The number of carboxylic acid groups (broad SMARTS) is 1. The van der Waals surface area contributed by atoms with Crippen LogP contribution in [0.4, 0.5) is 0 Å². The molecule has 1 rings (SSSR count). The minimum atomic E-state index is -0.790. The average molecular weight is 173 g/mol. The topological polar surface area (TPSA) is 60.8 Å². The van der Waals surface area contributed by atoms with Gasteiger partial charge in [-0.3, -0.25) is 4.79 Å². The van der Waals surface area contributed by atoms with E-state index in [4.69, 9.17) is 10.2 Å². The molecule has 1 aliphatic heterocycles. The highest BCUT2D eigenvalue weighted by Gasteiger charge is 2.48. The summed E-state index contributed by atoms with van der Waals surface area (Å²) >= 11 is 0. The molecule has 0 saturated carbocycles. The van der Waals surface area contributed by atoms with Gasteiger partial charge >= 0.3 is 5.97 Å². The molecule has 0 bridgehead atoms. The summed E-state index contributed by atoms with van der Waals surface area (Å²) in [5.41, 5.74) is -0.692.